The third kappa shape index (κ3) is 3.90. The minimum absolute atomic E-state index is 0.0702. The number of sulfone groups is 1. The van der Waals surface area contributed by atoms with Gasteiger partial charge in [0, 0.05) is 19.3 Å². The first-order valence-electron chi connectivity index (χ1n) is 6.00. The molecule has 104 valence electrons. The standard InChI is InChI=1S/C11H22N4O2S/c1-5-6-9-10(12)11(15(3)14-9)13-8(2)7-18(4,16)17/h8,13H,5-7,12H2,1-4H3. The van der Waals surface area contributed by atoms with Crippen LogP contribution in [0.5, 0.6) is 0 Å². The van der Waals surface area contributed by atoms with Crippen molar-refractivity contribution in [2.75, 3.05) is 23.1 Å². The molecule has 7 heteroatoms. The minimum Gasteiger partial charge on any atom is -0.394 e. The maximum Gasteiger partial charge on any atom is 0.149 e. The van der Waals surface area contributed by atoms with E-state index in [0.29, 0.717) is 11.5 Å². The number of hydrogen-bond acceptors (Lipinski definition) is 5. The maximum atomic E-state index is 11.2. The van der Waals surface area contributed by atoms with Gasteiger partial charge in [0.1, 0.15) is 15.7 Å². The predicted octanol–water partition coefficient (Wildman–Crippen LogP) is 0.800. The molecule has 3 N–H and O–H groups in total. The number of rotatable bonds is 6. The SMILES string of the molecule is CCCc1nn(C)c(NC(C)CS(C)(=O)=O)c1N. The summed E-state index contributed by atoms with van der Waals surface area (Å²) >= 11 is 0. The van der Waals surface area contributed by atoms with Gasteiger partial charge < -0.3 is 11.1 Å². The Balaban J connectivity index is 2.84. The largest absolute Gasteiger partial charge is 0.394 e. The number of anilines is 2. The summed E-state index contributed by atoms with van der Waals surface area (Å²) in [7, 11) is -1.21. The fourth-order valence-corrected chi connectivity index (χ4v) is 2.91. The zero-order valence-electron chi connectivity index (χ0n) is 11.4. The molecule has 0 amide bonds. The number of nitrogens with zero attached hydrogens (tertiary/aromatic N) is 2. The molecule has 18 heavy (non-hydrogen) atoms. The van der Waals surface area contributed by atoms with Gasteiger partial charge in [-0.1, -0.05) is 13.3 Å². The highest BCUT2D eigenvalue weighted by molar-refractivity contribution is 7.90. The number of nitrogen functional groups attached to an aromatic ring is 1. The van der Waals surface area contributed by atoms with Crippen LogP contribution >= 0.6 is 0 Å². The molecule has 6 nitrogen and oxygen atoms in total. The van der Waals surface area contributed by atoms with Crippen LogP contribution in [0.15, 0.2) is 0 Å². The Kier molecular flexibility index (Phi) is 4.61. The lowest BCUT2D eigenvalue weighted by atomic mass is 10.2. The van der Waals surface area contributed by atoms with Crippen molar-refractivity contribution >= 4 is 21.3 Å². The van der Waals surface area contributed by atoms with Crippen molar-refractivity contribution in [3.05, 3.63) is 5.69 Å². The lowest BCUT2D eigenvalue weighted by molar-refractivity contribution is 0.597. The van der Waals surface area contributed by atoms with Crippen LogP contribution in [-0.2, 0) is 23.3 Å². The van der Waals surface area contributed by atoms with Crippen LogP contribution < -0.4 is 11.1 Å². The number of aromatic nitrogens is 2. The van der Waals surface area contributed by atoms with Crippen LogP contribution in [0.1, 0.15) is 26.0 Å². The van der Waals surface area contributed by atoms with Gasteiger partial charge in [-0.25, -0.2) is 8.42 Å². The lowest BCUT2D eigenvalue weighted by Crippen LogP contribution is -2.26. The summed E-state index contributed by atoms with van der Waals surface area (Å²) in [4.78, 5) is 0. The van der Waals surface area contributed by atoms with Gasteiger partial charge in [-0.15, -0.1) is 0 Å². The smallest absolute Gasteiger partial charge is 0.149 e. The summed E-state index contributed by atoms with van der Waals surface area (Å²) in [6.45, 7) is 3.88. The average Bonchev–Trinajstić information content (AvgIpc) is 2.44. The molecule has 1 aromatic rings. The van der Waals surface area contributed by atoms with E-state index in [2.05, 4.69) is 17.3 Å². The van der Waals surface area contributed by atoms with Crippen molar-refractivity contribution < 1.29 is 8.42 Å². The molecular formula is C11H22N4O2S. The fraction of sp³-hybridized carbons (Fsp3) is 0.727. The Bertz CT molecular complexity index is 507. The Morgan fingerprint density at radius 1 is 1.50 bits per heavy atom. The second-order valence-electron chi connectivity index (χ2n) is 4.72. The molecule has 0 aliphatic heterocycles. The summed E-state index contributed by atoms with van der Waals surface area (Å²) < 4.78 is 24.1. The molecule has 1 atom stereocenters. The van der Waals surface area contributed by atoms with Gasteiger partial charge >= 0.3 is 0 Å². The number of hydrogen-bond donors (Lipinski definition) is 2. The molecule has 0 fully saturated rings. The van der Waals surface area contributed by atoms with E-state index in [1.54, 1.807) is 11.7 Å². The van der Waals surface area contributed by atoms with E-state index in [4.69, 9.17) is 5.73 Å². The highest BCUT2D eigenvalue weighted by atomic mass is 32.2. The van der Waals surface area contributed by atoms with Crippen molar-refractivity contribution in [1.29, 1.82) is 0 Å². The molecule has 0 saturated heterocycles. The molecule has 0 aliphatic rings. The summed E-state index contributed by atoms with van der Waals surface area (Å²) in [6, 6.07) is -0.202. The first-order chi connectivity index (χ1) is 8.24. The summed E-state index contributed by atoms with van der Waals surface area (Å²) in [5.41, 5.74) is 7.47. The average molecular weight is 274 g/mol. The Morgan fingerprint density at radius 3 is 2.61 bits per heavy atom. The first-order valence-corrected chi connectivity index (χ1v) is 8.06. The third-order valence-corrected chi connectivity index (χ3v) is 3.69. The van der Waals surface area contributed by atoms with Crippen molar-refractivity contribution in [2.45, 2.75) is 32.7 Å². The summed E-state index contributed by atoms with van der Waals surface area (Å²) in [5, 5.41) is 7.44. The molecule has 0 radical (unpaired) electrons. The predicted molar refractivity (Wildman–Crippen MR) is 74.4 cm³/mol. The van der Waals surface area contributed by atoms with Gasteiger partial charge in [-0.3, -0.25) is 4.68 Å². The van der Waals surface area contributed by atoms with E-state index in [0.717, 1.165) is 18.5 Å². The van der Waals surface area contributed by atoms with E-state index in [9.17, 15) is 8.42 Å². The minimum atomic E-state index is -3.01. The third-order valence-electron chi connectivity index (χ3n) is 2.58. The number of nitrogens with one attached hydrogen (secondary N) is 1. The van der Waals surface area contributed by atoms with Crippen molar-refractivity contribution in [3.8, 4) is 0 Å². The van der Waals surface area contributed by atoms with Gasteiger partial charge in [-0.05, 0) is 13.3 Å². The first kappa shape index (κ1) is 14.8. The Labute approximate surface area is 108 Å². The van der Waals surface area contributed by atoms with E-state index < -0.39 is 9.84 Å². The monoisotopic (exact) mass is 274 g/mol. The quantitative estimate of drug-likeness (QED) is 0.801. The topological polar surface area (TPSA) is 90.0 Å². The van der Waals surface area contributed by atoms with Gasteiger partial charge in [-0.2, -0.15) is 5.10 Å². The molecule has 1 aromatic heterocycles. The zero-order chi connectivity index (χ0) is 13.9. The molecule has 0 bridgehead atoms. The fourth-order valence-electron chi connectivity index (χ4n) is 1.92. The molecule has 1 unspecified atom stereocenters. The van der Waals surface area contributed by atoms with E-state index in [-0.39, 0.29) is 11.8 Å². The van der Waals surface area contributed by atoms with Crippen molar-refractivity contribution in [3.63, 3.8) is 0 Å². The molecular weight excluding hydrogens is 252 g/mol. The lowest BCUT2D eigenvalue weighted by Gasteiger charge is -2.14. The molecule has 0 saturated carbocycles. The molecule has 0 aromatic carbocycles. The van der Waals surface area contributed by atoms with Gasteiger partial charge in [0.25, 0.3) is 0 Å². The van der Waals surface area contributed by atoms with Gasteiger partial charge in [0.15, 0.2) is 0 Å². The highest BCUT2D eigenvalue weighted by Gasteiger charge is 2.16. The highest BCUT2D eigenvalue weighted by Crippen LogP contribution is 2.23. The van der Waals surface area contributed by atoms with Crippen LogP contribution in [0.3, 0.4) is 0 Å². The van der Waals surface area contributed by atoms with Crippen LogP contribution in [0.2, 0.25) is 0 Å². The summed E-state index contributed by atoms with van der Waals surface area (Å²) in [6.07, 6.45) is 3.02. The maximum absolute atomic E-state index is 11.2. The van der Waals surface area contributed by atoms with Crippen LogP contribution in [-0.4, -0.2) is 36.2 Å². The summed E-state index contributed by atoms with van der Waals surface area (Å²) in [5.74, 6) is 0.760. The van der Waals surface area contributed by atoms with Crippen molar-refractivity contribution in [2.24, 2.45) is 7.05 Å². The Hall–Kier alpha value is -1.24. The number of aryl methyl sites for hydroxylation is 2. The second kappa shape index (κ2) is 5.60. The number of nitrogens with two attached hydrogens (primary N) is 1. The van der Waals surface area contributed by atoms with Crippen LogP contribution in [0.25, 0.3) is 0 Å². The van der Waals surface area contributed by atoms with Gasteiger partial charge in [0.2, 0.25) is 0 Å². The van der Waals surface area contributed by atoms with E-state index in [1.807, 2.05) is 6.92 Å². The van der Waals surface area contributed by atoms with Crippen LogP contribution in [0.4, 0.5) is 11.5 Å². The second-order valence-corrected chi connectivity index (χ2v) is 6.91. The normalized spacial score (nSPS) is 13.6. The molecule has 1 heterocycles. The van der Waals surface area contributed by atoms with Crippen LogP contribution in [0, 0.1) is 0 Å². The Morgan fingerprint density at radius 2 is 2.11 bits per heavy atom. The van der Waals surface area contributed by atoms with E-state index >= 15 is 0 Å². The zero-order valence-corrected chi connectivity index (χ0v) is 12.2. The molecule has 1 rings (SSSR count). The van der Waals surface area contributed by atoms with E-state index in [1.165, 1.54) is 6.26 Å². The van der Waals surface area contributed by atoms with Crippen molar-refractivity contribution in [1.82, 2.24) is 9.78 Å². The van der Waals surface area contributed by atoms with Gasteiger partial charge in [0.05, 0.1) is 17.1 Å². The molecule has 0 spiro atoms. The molecule has 0 aliphatic carbocycles.